The first-order valence-electron chi connectivity index (χ1n) is 8.48. The fourth-order valence-electron chi connectivity index (χ4n) is 2.41. The van der Waals surface area contributed by atoms with Crippen LogP contribution in [0.25, 0.3) is 0 Å². The summed E-state index contributed by atoms with van der Waals surface area (Å²) in [5.74, 6) is -0.120. The van der Waals surface area contributed by atoms with E-state index in [2.05, 4.69) is 16.0 Å². The Labute approximate surface area is 148 Å². The molecule has 0 aliphatic carbocycles. The number of carbonyl (C=O) groups excluding carboxylic acids is 2. The Morgan fingerprint density at radius 3 is 2.44 bits per heavy atom. The van der Waals surface area contributed by atoms with Crippen LogP contribution in [0.5, 0.6) is 0 Å². The Bertz CT molecular complexity index is 729. The Balaban J connectivity index is 1.91. The van der Waals surface area contributed by atoms with E-state index in [9.17, 15) is 9.59 Å². The molecule has 25 heavy (non-hydrogen) atoms. The maximum Gasteiger partial charge on any atom is 0.239 e. The molecule has 1 unspecified atom stereocenters. The van der Waals surface area contributed by atoms with Crippen molar-refractivity contribution in [3.63, 3.8) is 0 Å². The van der Waals surface area contributed by atoms with Gasteiger partial charge in [0.1, 0.15) is 0 Å². The minimum Gasteiger partial charge on any atom is -0.376 e. The van der Waals surface area contributed by atoms with Crippen LogP contribution in [0.1, 0.15) is 37.4 Å². The van der Waals surface area contributed by atoms with Gasteiger partial charge >= 0.3 is 0 Å². The van der Waals surface area contributed by atoms with E-state index in [-0.39, 0.29) is 24.4 Å². The maximum atomic E-state index is 12.1. The summed E-state index contributed by atoms with van der Waals surface area (Å²) in [5.41, 5.74) is 3.60. The molecule has 2 amide bonds. The lowest BCUT2D eigenvalue weighted by Gasteiger charge is -2.15. The summed E-state index contributed by atoms with van der Waals surface area (Å²) in [4.78, 5) is 23.7. The number of aryl methyl sites for hydroxylation is 1. The molecule has 0 saturated heterocycles. The molecule has 0 aliphatic heterocycles. The molecule has 0 aromatic heterocycles. The molecule has 5 nitrogen and oxygen atoms in total. The van der Waals surface area contributed by atoms with Crippen LogP contribution in [-0.4, -0.2) is 18.4 Å². The van der Waals surface area contributed by atoms with Crippen molar-refractivity contribution in [1.82, 2.24) is 5.32 Å². The van der Waals surface area contributed by atoms with Gasteiger partial charge in [-0.25, -0.2) is 0 Å². The first kappa shape index (κ1) is 18.5. The summed E-state index contributed by atoms with van der Waals surface area (Å²) < 4.78 is 0. The molecular weight excluding hydrogens is 314 g/mol. The summed E-state index contributed by atoms with van der Waals surface area (Å²) in [6, 6.07) is 15.4. The van der Waals surface area contributed by atoms with E-state index in [1.165, 1.54) is 0 Å². The van der Waals surface area contributed by atoms with E-state index in [1.807, 2.05) is 69.3 Å². The van der Waals surface area contributed by atoms with Crippen molar-refractivity contribution in [2.75, 3.05) is 17.2 Å². The highest BCUT2D eigenvalue weighted by atomic mass is 16.2. The van der Waals surface area contributed by atoms with Crippen LogP contribution in [-0.2, 0) is 9.59 Å². The molecule has 0 saturated carbocycles. The van der Waals surface area contributed by atoms with Gasteiger partial charge in [0.05, 0.1) is 12.6 Å². The highest BCUT2D eigenvalue weighted by molar-refractivity contribution is 5.92. The van der Waals surface area contributed by atoms with E-state index in [1.54, 1.807) is 0 Å². The minimum absolute atomic E-state index is 0.0327. The van der Waals surface area contributed by atoms with Crippen LogP contribution in [0.4, 0.5) is 11.4 Å². The number of amides is 2. The van der Waals surface area contributed by atoms with Gasteiger partial charge in [0, 0.05) is 17.8 Å². The molecular formula is C20H25N3O2. The Hall–Kier alpha value is -2.82. The number of rotatable bonds is 7. The second kappa shape index (κ2) is 8.87. The van der Waals surface area contributed by atoms with Gasteiger partial charge in [0.25, 0.3) is 0 Å². The molecule has 5 heteroatoms. The molecule has 0 fully saturated rings. The molecule has 132 valence electrons. The standard InChI is InChI=1S/C20H25N3O2/c1-4-19(24)23-18-12-17(11-10-14(18)2)21-13-20(25)22-15(3)16-8-6-5-7-9-16/h5-12,15,21H,4,13H2,1-3H3,(H,22,25)(H,23,24). The first-order valence-corrected chi connectivity index (χ1v) is 8.48. The predicted molar refractivity (Wildman–Crippen MR) is 102 cm³/mol. The zero-order valence-corrected chi connectivity index (χ0v) is 14.9. The lowest BCUT2D eigenvalue weighted by Crippen LogP contribution is -2.32. The zero-order chi connectivity index (χ0) is 18.2. The number of hydrogen-bond donors (Lipinski definition) is 3. The van der Waals surface area contributed by atoms with Crippen LogP contribution in [0.15, 0.2) is 48.5 Å². The van der Waals surface area contributed by atoms with Gasteiger partial charge in [0.2, 0.25) is 11.8 Å². The maximum absolute atomic E-state index is 12.1. The van der Waals surface area contributed by atoms with Crippen molar-refractivity contribution >= 4 is 23.2 Å². The fraction of sp³-hybridized carbons (Fsp3) is 0.300. The molecule has 0 heterocycles. The number of nitrogens with one attached hydrogen (secondary N) is 3. The molecule has 0 bridgehead atoms. The molecule has 0 aliphatic rings. The summed E-state index contributed by atoms with van der Waals surface area (Å²) >= 11 is 0. The highest BCUT2D eigenvalue weighted by Gasteiger charge is 2.09. The van der Waals surface area contributed by atoms with Crippen LogP contribution < -0.4 is 16.0 Å². The molecule has 3 N–H and O–H groups in total. The van der Waals surface area contributed by atoms with E-state index in [4.69, 9.17) is 0 Å². The van der Waals surface area contributed by atoms with Crippen LogP contribution in [0, 0.1) is 6.92 Å². The van der Waals surface area contributed by atoms with Gasteiger partial charge in [0.15, 0.2) is 0 Å². The third-order valence-corrected chi connectivity index (χ3v) is 3.96. The van der Waals surface area contributed by atoms with Crippen molar-refractivity contribution in [2.45, 2.75) is 33.2 Å². The van der Waals surface area contributed by atoms with Crippen LogP contribution in [0.3, 0.4) is 0 Å². The normalized spacial score (nSPS) is 11.5. The molecule has 2 rings (SSSR count). The van der Waals surface area contributed by atoms with Crippen molar-refractivity contribution in [3.05, 3.63) is 59.7 Å². The molecule has 0 radical (unpaired) electrons. The van der Waals surface area contributed by atoms with Crippen molar-refractivity contribution in [1.29, 1.82) is 0 Å². The van der Waals surface area contributed by atoms with Gasteiger partial charge in [-0.15, -0.1) is 0 Å². The smallest absolute Gasteiger partial charge is 0.239 e. The topological polar surface area (TPSA) is 70.2 Å². The molecule has 2 aromatic carbocycles. The lowest BCUT2D eigenvalue weighted by atomic mass is 10.1. The van der Waals surface area contributed by atoms with Gasteiger partial charge in [-0.3, -0.25) is 9.59 Å². The van der Waals surface area contributed by atoms with E-state index >= 15 is 0 Å². The summed E-state index contributed by atoms with van der Waals surface area (Å²) in [7, 11) is 0. The second-order valence-corrected chi connectivity index (χ2v) is 5.98. The van der Waals surface area contributed by atoms with Crippen LogP contribution in [0.2, 0.25) is 0 Å². The number of hydrogen-bond acceptors (Lipinski definition) is 3. The number of benzene rings is 2. The molecule has 2 aromatic rings. The fourth-order valence-corrected chi connectivity index (χ4v) is 2.41. The third kappa shape index (κ3) is 5.64. The van der Waals surface area contributed by atoms with E-state index in [0.717, 1.165) is 22.5 Å². The molecule has 0 spiro atoms. The van der Waals surface area contributed by atoms with Crippen molar-refractivity contribution in [3.8, 4) is 0 Å². The largest absolute Gasteiger partial charge is 0.376 e. The number of carbonyl (C=O) groups is 2. The van der Waals surface area contributed by atoms with Crippen molar-refractivity contribution in [2.24, 2.45) is 0 Å². The quantitative estimate of drug-likeness (QED) is 0.721. The lowest BCUT2D eigenvalue weighted by molar-refractivity contribution is -0.120. The van der Waals surface area contributed by atoms with E-state index in [0.29, 0.717) is 6.42 Å². The highest BCUT2D eigenvalue weighted by Crippen LogP contribution is 2.20. The minimum atomic E-state index is -0.0870. The monoisotopic (exact) mass is 339 g/mol. The third-order valence-electron chi connectivity index (χ3n) is 3.96. The Kier molecular flexibility index (Phi) is 6.57. The zero-order valence-electron chi connectivity index (χ0n) is 14.9. The average Bonchev–Trinajstić information content (AvgIpc) is 2.62. The van der Waals surface area contributed by atoms with Crippen LogP contribution >= 0.6 is 0 Å². The summed E-state index contributed by atoms with van der Waals surface area (Å²) in [6.45, 7) is 5.87. The van der Waals surface area contributed by atoms with Gasteiger partial charge in [-0.2, -0.15) is 0 Å². The van der Waals surface area contributed by atoms with Crippen molar-refractivity contribution < 1.29 is 9.59 Å². The number of anilines is 2. The van der Waals surface area contributed by atoms with Gasteiger partial charge < -0.3 is 16.0 Å². The second-order valence-electron chi connectivity index (χ2n) is 5.98. The predicted octanol–water partition coefficient (Wildman–Crippen LogP) is 3.63. The average molecular weight is 339 g/mol. The summed E-state index contributed by atoms with van der Waals surface area (Å²) in [6.07, 6.45) is 0.427. The first-order chi connectivity index (χ1) is 12.0. The molecule has 1 atom stereocenters. The Morgan fingerprint density at radius 2 is 1.76 bits per heavy atom. The Morgan fingerprint density at radius 1 is 1.04 bits per heavy atom. The van der Waals surface area contributed by atoms with Gasteiger partial charge in [-0.1, -0.05) is 43.3 Å². The summed E-state index contributed by atoms with van der Waals surface area (Å²) in [5, 5.41) is 8.92. The van der Waals surface area contributed by atoms with Gasteiger partial charge in [-0.05, 0) is 37.1 Å². The van der Waals surface area contributed by atoms with E-state index < -0.39 is 0 Å². The SMILES string of the molecule is CCC(=O)Nc1cc(NCC(=O)NC(C)c2ccccc2)ccc1C.